The SMILES string of the molecule is NCC(Cc1ccncc1)C1C2CC3CC(C2)CC1C3. The number of nitrogens with two attached hydrogens (primary N) is 1. The highest BCUT2D eigenvalue weighted by molar-refractivity contribution is 5.12. The van der Waals surface area contributed by atoms with Gasteiger partial charge >= 0.3 is 0 Å². The van der Waals surface area contributed by atoms with E-state index in [1.54, 1.807) is 0 Å². The zero-order valence-corrected chi connectivity index (χ0v) is 12.2. The minimum absolute atomic E-state index is 0.687. The molecule has 5 rings (SSSR count). The molecule has 4 aliphatic rings. The number of aromatic nitrogens is 1. The maximum absolute atomic E-state index is 6.18. The molecule has 4 fully saturated rings. The van der Waals surface area contributed by atoms with Gasteiger partial charge in [0.25, 0.3) is 0 Å². The molecule has 0 radical (unpaired) electrons. The standard InChI is InChI=1S/C18H26N2/c19-11-17(6-12-1-3-20-4-2-12)18-15-7-13-5-14(9-15)10-16(18)8-13/h1-4,13-18H,5-11,19H2. The summed E-state index contributed by atoms with van der Waals surface area (Å²) >= 11 is 0. The largest absolute Gasteiger partial charge is 0.330 e. The van der Waals surface area contributed by atoms with Crippen LogP contribution >= 0.6 is 0 Å². The van der Waals surface area contributed by atoms with E-state index in [0.717, 1.165) is 42.6 Å². The van der Waals surface area contributed by atoms with E-state index in [9.17, 15) is 0 Å². The van der Waals surface area contributed by atoms with Crippen molar-refractivity contribution >= 4 is 0 Å². The van der Waals surface area contributed by atoms with Crippen LogP contribution in [-0.4, -0.2) is 11.5 Å². The molecule has 1 heterocycles. The third-order valence-electron chi connectivity index (χ3n) is 6.39. The van der Waals surface area contributed by atoms with E-state index in [4.69, 9.17) is 5.73 Å². The van der Waals surface area contributed by atoms with E-state index in [2.05, 4.69) is 17.1 Å². The minimum Gasteiger partial charge on any atom is -0.330 e. The summed E-state index contributed by atoms with van der Waals surface area (Å²) in [7, 11) is 0. The Balaban J connectivity index is 1.53. The maximum Gasteiger partial charge on any atom is 0.0270 e. The Morgan fingerprint density at radius 2 is 1.60 bits per heavy atom. The number of pyridine rings is 1. The second-order valence-electron chi connectivity index (χ2n) is 7.56. The zero-order chi connectivity index (χ0) is 13.5. The van der Waals surface area contributed by atoms with Crippen molar-refractivity contribution in [3.63, 3.8) is 0 Å². The monoisotopic (exact) mass is 270 g/mol. The Morgan fingerprint density at radius 1 is 1.00 bits per heavy atom. The van der Waals surface area contributed by atoms with Gasteiger partial charge in [-0.3, -0.25) is 4.98 Å². The van der Waals surface area contributed by atoms with Gasteiger partial charge in [-0.15, -0.1) is 0 Å². The Hall–Kier alpha value is -0.890. The first-order valence-electron chi connectivity index (χ1n) is 8.42. The average molecular weight is 270 g/mol. The highest BCUT2D eigenvalue weighted by Gasteiger charge is 2.49. The van der Waals surface area contributed by atoms with Crippen molar-refractivity contribution < 1.29 is 0 Å². The molecule has 0 amide bonds. The van der Waals surface area contributed by atoms with Gasteiger partial charge in [0, 0.05) is 12.4 Å². The summed E-state index contributed by atoms with van der Waals surface area (Å²) in [5, 5.41) is 0. The Bertz CT molecular complexity index is 428. The fraction of sp³-hybridized carbons (Fsp3) is 0.722. The summed E-state index contributed by atoms with van der Waals surface area (Å²) in [4.78, 5) is 4.13. The molecule has 4 saturated carbocycles. The van der Waals surface area contributed by atoms with Crippen LogP contribution in [0.4, 0.5) is 0 Å². The first kappa shape index (κ1) is 12.8. The number of hydrogen-bond donors (Lipinski definition) is 1. The first-order valence-corrected chi connectivity index (χ1v) is 8.42. The quantitative estimate of drug-likeness (QED) is 0.912. The second kappa shape index (κ2) is 5.14. The Labute approximate surface area is 122 Å². The molecule has 2 heteroatoms. The van der Waals surface area contributed by atoms with E-state index in [-0.39, 0.29) is 0 Å². The zero-order valence-electron chi connectivity index (χ0n) is 12.2. The molecule has 2 N–H and O–H groups in total. The van der Waals surface area contributed by atoms with Crippen LogP contribution in [0, 0.1) is 35.5 Å². The van der Waals surface area contributed by atoms with Crippen LogP contribution in [0.5, 0.6) is 0 Å². The lowest BCUT2D eigenvalue weighted by molar-refractivity contribution is -0.0599. The predicted octanol–water partition coefficient (Wildman–Crippen LogP) is 3.27. The van der Waals surface area contributed by atoms with Gasteiger partial charge in [-0.1, -0.05) is 0 Å². The molecule has 4 aliphatic carbocycles. The smallest absolute Gasteiger partial charge is 0.0270 e. The molecule has 1 atom stereocenters. The summed E-state index contributed by atoms with van der Waals surface area (Å²) in [6, 6.07) is 4.33. The maximum atomic E-state index is 6.18. The molecule has 0 aromatic carbocycles. The van der Waals surface area contributed by atoms with Crippen LogP contribution < -0.4 is 5.73 Å². The van der Waals surface area contributed by atoms with E-state index < -0.39 is 0 Å². The highest BCUT2D eigenvalue weighted by atomic mass is 14.6. The fourth-order valence-corrected chi connectivity index (χ4v) is 5.94. The summed E-state index contributed by atoms with van der Waals surface area (Å²) in [6.45, 7) is 0.856. The third-order valence-corrected chi connectivity index (χ3v) is 6.39. The molecule has 0 spiro atoms. The van der Waals surface area contributed by atoms with Gasteiger partial charge in [0.05, 0.1) is 0 Å². The average Bonchev–Trinajstić information content (AvgIpc) is 2.46. The van der Waals surface area contributed by atoms with Gasteiger partial charge in [-0.2, -0.15) is 0 Å². The van der Waals surface area contributed by atoms with Crippen molar-refractivity contribution in [1.29, 1.82) is 0 Å². The number of hydrogen-bond acceptors (Lipinski definition) is 2. The highest BCUT2D eigenvalue weighted by Crippen LogP contribution is 2.58. The molecule has 4 bridgehead atoms. The molecule has 2 nitrogen and oxygen atoms in total. The Kier molecular flexibility index (Phi) is 3.30. The van der Waals surface area contributed by atoms with Crippen molar-refractivity contribution in [2.75, 3.05) is 6.54 Å². The number of rotatable bonds is 4. The van der Waals surface area contributed by atoms with E-state index >= 15 is 0 Å². The molecule has 108 valence electrons. The molecular formula is C18H26N2. The van der Waals surface area contributed by atoms with E-state index in [0.29, 0.717) is 5.92 Å². The van der Waals surface area contributed by atoms with Crippen LogP contribution in [-0.2, 0) is 6.42 Å². The lowest BCUT2D eigenvalue weighted by Crippen LogP contribution is -2.49. The van der Waals surface area contributed by atoms with Gasteiger partial charge in [-0.25, -0.2) is 0 Å². The van der Waals surface area contributed by atoms with Gasteiger partial charge in [-0.05, 0) is 98.3 Å². The molecule has 1 unspecified atom stereocenters. The molecule has 0 aliphatic heterocycles. The molecular weight excluding hydrogens is 244 g/mol. The molecule has 0 saturated heterocycles. The second-order valence-corrected chi connectivity index (χ2v) is 7.56. The van der Waals surface area contributed by atoms with Gasteiger partial charge in [0.15, 0.2) is 0 Å². The van der Waals surface area contributed by atoms with Gasteiger partial charge < -0.3 is 5.73 Å². The van der Waals surface area contributed by atoms with E-state index in [1.165, 1.54) is 37.7 Å². The summed E-state index contributed by atoms with van der Waals surface area (Å²) in [5.74, 6) is 5.69. The van der Waals surface area contributed by atoms with Crippen molar-refractivity contribution in [3.8, 4) is 0 Å². The van der Waals surface area contributed by atoms with Crippen LogP contribution in [0.1, 0.15) is 37.7 Å². The fourth-order valence-electron chi connectivity index (χ4n) is 5.94. The topological polar surface area (TPSA) is 38.9 Å². The number of nitrogens with zero attached hydrogens (tertiary/aromatic N) is 1. The predicted molar refractivity (Wildman–Crippen MR) is 81.0 cm³/mol. The van der Waals surface area contributed by atoms with Crippen LogP contribution in [0.15, 0.2) is 24.5 Å². The van der Waals surface area contributed by atoms with Crippen LogP contribution in [0.25, 0.3) is 0 Å². The van der Waals surface area contributed by atoms with Crippen molar-refractivity contribution in [3.05, 3.63) is 30.1 Å². The van der Waals surface area contributed by atoms with Crippen molar-refractivity contribution in [2.24, 2.45) is 41.2 Å². The van der Waals surface area contributed by atoms with Crippen molar-refractivity contribution in [1.82, 2.24) is 4.98 Å². The summed E-state index contributed by atoms with van der Waals surface area (Å²) in [6.07, 6.45) is 12.5. The third kappa shape index (κ3) is 2.18. The lowest BCUT2D eigenvalue weighted by atomic mass is 9.49. The summed E-state index contributed by atoms with van der Waals surface area (Å²) in [5.41, 5.74) is 7.61. The Morgan fingerprint density at radius 3 is 2.15 bits per heavy atom. The van der Waals surface area contributed by atoms with Crippen molar-refractivity contribution in [2.45, 2.75) is 38.5 Å². The first-order chi connectivity index (χ1) is 9.83. The normalized spacial score (nSPS) is 40.0. The van der Waals surface area contributed by atoms with Crippen LogP contribution in [0.3, 0.4) is 0 Å². The lowest BCUT2D eigenvalue weighted by Gasteiger charge is -2.56. The molecule has 1 aromatic heterocycles. The van der Waals surface area contributed by atoms with Gasteiger partial charge in [0.2, 0.25) is 0 Å². The summed E-state index contributed by atoms with van der Waals surface area (Å²) < 4.78 is 0. The molecule has 20 heavy (non-hydrogen) atoms. The van der Waals surface area contributed by atoms with Crippen LogP contribution in [0.2, 0.25) is 0 Å². The van der Waals surface area contributed by atoms with E-state index in [1.807, 2.05) is 12.4 Å². The minimum atomic E-state index is 0.687. The molecule has 1 aromatic rings. The van der Waals surface area contributed by atoms with Gasteiger partial charge in [0.1, 0.15) is 0 Å².